The van der Waals surface area contributed by atoms with Crippen molar-refractivity contribution < 1.29 is 14.6 Å². The van der Waals surface area contributed by atoms with Crippen LogP contribution in [0.3, 0.4) is 0 Å². The fourth-order valence-corrected chi connectivity index (χ4v) is 1.43. The topological polar surface area (TPSA) is 49.8 Å². The highest BCUT2D eigenvalue weighted by Gasteiger charge is 2.09. The Morgan fingerprint density at radius 3 is 2.65 bits per heavy atom. The minimum Gasteiger partial charge on any atom is -0.493 e. The summed E-state index contributed by atoms with van der Waals surface area (Å²) in [5, 5.41) is 9.55. The summed E-state index contributed by atoms with van der Waals surface area (Å²) >= 11 is 0. The second-order valence-electron chi connectivity index (χ2n) is 4.10. The summed E-state index contributed by atoms with van der Waals surface area (Å²) in [5.74, 6) is 0.661. The largest absolute Gasteiger partial charge is 0.493 e. The number of carbonyl (C=O) groups is 1. The highest BCUT2D eigenvalue weighted by molar-refractivity contribution is 5.75. The van der Waals surface area contributed by atoms with E-state index < -0.39 is 6.10 Å². The number of hydrogen-bond donors (Lipinski definition) is 1. The molecule has 1 amide bonds. The van der Waals surface area contributed by atoms with E-state index in [-0.39, 0.29) is 5.91 Å². The first-order valence-electron chi connectivity index (χ1n) is 5.62. The van der Waals surface area contributed by atoms with E-state index in [1.54, 1.807) is 27.1 Å². The molecule has 4 nitrogen and oxygen atoms in total. The van der Waals surface area contributed by atoms with Crippen LogP contribution in [0.4, 0.5) is 0 Å². The van der Waals surface area contributed by atoms with E-state index >= 15 is 0 Å². The van der Waals surface area contributed by atoms with E-state index in [2.05, 4.69) is 0 Å². The van der Waals surface area contributed by atoms with Crippen molar-refractivity contribution in [1.82, 2.24) is 4.90 Å². The minimum absolute atomic E-state index is 0.0273. The molecule has 0 heterocycles. The van der Waals surface area contributed by atoms with Crippen LogP contribution in [0.2, 0.25) is 0 Å². The number of carbonyl (C=O) groups excluding carboxylic acids is 1. The third-order valence-electron chi connectivity index (χ3n) is 2.44. The van der Waals surface area contributed by atoms with Crippen molar-refractivity contribution in [3.63, 3.8) is 0 Å². The number of aliphatic hydroxyl groups excluding tert-OH is 1. The summed E-state index contributed by atoms with van der Waals surface area (Å²) in [4.78, 5) is 12.9. The second kappa shape index (κ2) is 6.25. The molecule has 1 atom stereocenters. The molecular formula is C13H19NO3. The van der Waals surface area contributed by atoms with E-state index in [1.165, 1.54) is 4.90 Å². The number of benzene rings is 1. The van der Waals surface area contributed by atoms with Crippen LogP contribution in [0, 0.1) is 0 Å². The van der Waals surface area contributed by atoms with Crippen LogP contribution >= 0.6 is 0 Å². The number of para-hydroxylation sites is 1. The molecule has 0 aliphatic heterocycles. The van der Waals surface area contributed by atoms with Crippen molar-refractivity contribution in [2.24, 2.45) is 0 Å². The predicted molar refractivity (Wildman–Crippen MR) is 65.9 cm³/mol. The van der Waals surface area contributed by atoms with Crippen LogP contribution in [0.5, 0.6) is 5.75 Å². The summed E-state index contributed by atoms with van der Waals surface area (Å²) in [5.41, 5.74) is 0.741. The van der Waals surface area contributed by atoms with Gasteiger partial charge in [0.05, 0.1) is 19.1 Å². The zero-order valence-electron chi connectivity index (χ0n) is 10.5. The van der Waals surface area contributed by atoms with Gasteiger partial charge in [-0.1, -0.05) is 18.2 Å². The Balaban J connectivity index is 2.55. The van der Waals surface area contributed by atoms with Gasteiger partial charge in [0.2, 0.25) is 5.91 Å². The molecule has 94 valence electrons. The van der Waals surface area contributed by atoms with E-state index in [1.807, 2.05) is 18.2 Å². The summed E-state index contributed by atoms with van der Waals surface area (Å²) in [6, 6.07) is 7.30. The molecular weight excluding hydrogens is 218 g/mol. The Bertz CT molecular complexity index is 375. The molecule has 4 heteroatoms. The highest BCUT2D eigenvalue weighted by Crippen LogP contribution is 2.24. The maximum atomic E-state index is 11.3. The molecule has 0 saturated carbocycles. The van der Waals surface area contributed by atoms with E-state index in [9.17, 15) is 9.90 Å². The van der Waals surface area contributed by atoms with Crippen LogP contribution in [-0.4, -0.2) is 36.6 Å². The molecule has 1 aromatic carbocycles. The number of ether oxygens (including phenoxy) is 1. The van der Waals surface area contributed by atoms with Gasteiger partial charge in [0.15, 0.2) is 0 Å². The summed E-state index contributed by atoms with van der Waals surface area (Å²) in [6.45, 7) is 2.01. The summed E-state index contributed by atoms with van der Waals surface area (Å²) in [7, 11) is 3.43. The molecule has 0 aromatic heterocycles. The molecule has 0 fully saturated rings. The standard InChI is InChI=1S/C13H19NO3/c1-10(15)11-6-4-5-7-12(11)17-9-8-13(16)14(2)3/h4-7,10,15H,8-9H2,1-3H3/t10-/m0/s1. The minimum atomic E-state index is -0.573. The molecule has 0 aliphatic carbocycles. The quantitative estimate of drug-likeness (QED) is 0.846. The SMILES string of the molecule is C[C@H](O)c1ccccc1OCCC(=O)N(C)C. The summed E-state index contributed by atoms with van der Waals surface area (Å²) < 4.78 is 5.51. The van der Waals surface area contributed by atoms with Crippen molar-refractivity contribution in [3.05, 3.63) is 29.8 Å². The van der Waals surface area contributed by atoms with Crippen molar-refractivity contribution >= 4 is 5.91 Å². The molecule has 0 spiro atoms. The predicted octanol–water partition coefficient (Wildman–Crippen LogP) is 1.60. The fourth-order valence-electron chi connectivity index (χ4n) is 1.43. The molecule has 0 radical (unpaired) electrons. The monoisotopic (exact) mass is 237 g/mol. The van der Waals surface area contributed by atoms with Gasteiger partial charge >= 0.3 is 0 Å². The number of rotatable bonds is 5. The van der Waals surface area contributed by atoms with Crippen molar-refractivity contribution in [3.8, 4) is 5.75 Å². The molecule has 1 rings (SSSR count). The normalized spacial score (nSPS) is 12.0. The second-order valence-corrected chi connectivity index (χ2v) is 4.10. The third kappa shape index (κ3) is 4.07. The van der Waals surface area contributed by atoms with E-state index in [0.717, 1.165) is 5.56 Å². The van der Waals surface area contributed by atoms with Gasteiger partial charge in [-0.15, -0.1) is 0 Å². The Kier molecular flexibility index (Phi) is 4.97. The van der Waals surface area contributed by atoms with E-state index in [4.69, 9.17) is 4.74 Å². The lowest BCUT2D eigenvalue weighted by Gasteiger charge is -2.14. The van der Waals surface area contributed by atoms with Crippen molar-refractivity contribution in [2.75, 3.05) is 20.7 Å². The lowest BCUT2D eigenvalue weighted by molar-refractivity contribution is -0.129. The van der Waals surface area contributed by atoms with Gasteiger partial charge in [0.25, 0.3) is 0 Å². The smallest absolute Gasteiger partial charge is 0.225 e. The Hall–Kier alpha value is -1.55. The zero-order valence-corrected chi connectivity index (χ0v) is 10.5. The Morgan fingerprint density at radius 1 is 1.41 bits per heavy atom. The lowest BCUT2D eigenvalue weighted by Crippen LogP contribution is -2.23. The first-order chi connectivity index (χ1) is 8.02. The van der Waals surface area contributed by atoms with Gasteiger partial charge in [-0.3, -0.25) is 4.79 Å². The molecule has 0 saturated heterocycles. The molecule has 17 heavy (non-hydrogen) atoms. The maximum absolute atomic E-state index is 11.3. The number of aliphatic hydroxyl groups is 1. The zero-order chi connectivity index (χ0) is 12.8. The average molecular weight is 237 g/mol. The Morgan fingerprint density at radius 2 is 2.06 bits per heavy atom. The van der Waals surface area contributed by atoms with Crippen LogP contribution < -0.4 is 4.74 Å². The van der Waals surface area contributed by atoms with Crippen molar-refractivity contribution in [1.29, 1.82) is 0 Å². The van der Waals surface area contributed by atoms with Crippen LogP contribution in [0.15, 0.2) is 24.3 Å². The lowest BCUT2D eigenvalue weighted by atomic mass is 10.1. The van der Waals surface area contributed by atoms with Crippen LogP contribution in [-0.2, 0) is 4.79 Å². The molecule has 0 aliphatic rings. The van der Waals surface area contributed by atoms with Crippen molar-refractivity contribution in [2.45, 2.75) is 19.4 Å². The number of nitrogens with zero attached hydrogens (tertiary/aromatic N) is 1. The van der Waals surface area contributed by atoms with Gasteiger partial charge in [0, 0.05) is 19.7 Å². The van der Waals surface area contributed by atoms with E-state index in [0.29, 0.717) is 18.8 Å². The van der Waals surface area contributed by atoms with Gasteiger partial charge < -0.3 is 14.7 Å². The fraction of sp³-hybridized carbons (Fsp3) is 0.462. The maximum Gasteiger partial charge on any atom is 0.225 e. The molecule has 0 unspecified atom stereocenters. The summed E-state index contributed by atoms with van der Waals surface area (Å²) in [6.07, 6.45) is -0.239. The Labute approximate surface area is 102 Å². The average Bonchev–Trinajstić information content (AvgIpc) is 2.29. The number of amides is 1. The molecule has 1 N–H and O–H groups in total. The molecule has 0 bridgehead atoms. The van der Waals surface area contributed by atoms with Gasteiger partial charge in [-0.2, -0.15) is 0 Å². The van der Waals surface area contributed by atoms with Crippen LogP contribution in [0.1, 0.15) is 25.0 Å². The number of hydrogen-bond acceptors (Lipinski definition) is 3. The van der Waals surface area contributed by atoms with Gasteiger partial charge in [0.1, 0.15) is 5.75 Å². The molecule has 1 aromatic rings. The van der Waals surface area contributed by atoms with Gasteiger partial charge in [-0.25, -0.2) is 0 Å². The third-order valence-corrected chi connectivity index (χ3v) is 2.44. The van der Waals surface area contributed by atoms with Crippen LogP contribution in [0.25, 0.3) is 0 Å². The van der Waals surface area contributed by atoms with Gasteiger partial charge in [-0.05, 0) is 13.0 Å². The first kappa shape index (κ1) is 13.5. The first-order valence-corrected chi connectivity index (χ1v) is 5.62. The highest BCUT2D eigenvalue weighted by atomic mass is 16.5.